The Kier molecular flexibility index (Phi) is 6.40. The number of methoxy groups -OCH3 is 1. The van der Waals surface area contributed by atoms with Gasteiger partial charge in [0, 0.05) is 39.0 Å². The quantitative estimate of drug-likeness (QED) is 0.729. The summed E-state index contributed by atoms with van der Waals surface area (Å²) in [7, 11) is 1.77. The maximum Gasteiger partial charge on any atom is 0.335 e. The second-order valence-corrected chi connectivity index (χ2v) is 6.67. The van der Waals surface area contributed by atoms with E-state index in [1.807, 2.05) is 13.0 Å². The predicted octanol–water partition coefficient (Wildman–Crippen LogP) is 1.66. The summed E-state index contributed by atoms with van der Waals surface area (Å²) in [5.74, 6) is 0. The summed E-state index contributed by atoms with van der Waals surface area (Å²) in [6.07, 6.45) is 2.06. The highest BCUT2D eigenvalue weighted by Crippen LogP contribution is 2.27. The van der Waals surface area contributed by atoms with Crippen molar-refractivity contribution in [3.63, 3.8) is 0 Å². The summed E-state index contributed by atoms with van der Waals surface area (Å²) in [4.78, 5) is 2.42. The van der Waals surface area contributed by atoms with Gasteiger partial charge in [-0.25, -0.2) is 0 Å². The first kappa shape index (κ1) is 18.6. The van der Waals surface area contributed by atoms with Crippen LogP contribution in [0.4, 0.5) is 5.69 Å². The number of tetrazole rings is 1. The Morgan fingerprint density at radius 2 is 1.96 bits per heavy atom. The Morgan fingerprint density at radius 1 is 1.19 bits per heavy atom. The molecular formula is C18H28N6O2. The third kappa shape index (κ3) is 4.70. The molecule has 0 radical (unpaired) electrons. The minimum absolute atomic E-state index is 0.0141. The molecule has 1 aromatic heterocycles. The van der Waals surface area contributed by atoms with Gasteiger partial charge in [-0.15, -0.1) is 0 Å². The third-order valence-electron chi connectivity index (χ3n) is 4.85. The van der Waals surface area contributed by atoms with E-state index in [1.54, 1.807) is 11.8 Å². The third-order valence-corrected chi connectivity index (χ3v) is 4.85. The standard InChI is InChI=1S/C18H28N6O2/c1-3-24-17(20-21-22-24)26-14-13-23-11-9-18(10-12-23,15-25-2)19-16-7-5-4-6-8-16/h4-8,19H,3,9-15H2,1-2H3. The van der Waals surface area contributed by atoms with E-state index in [0.29, 0.717) is 25.8 Å². The van der Waals surface area contributed by atoms with E-state index in [4.69, 9.17) is 9.47 Å². The molecule has 2 heterocycles. The summed E-state index contributed by atoms with van der Waals surface area (Å²) in [6, 6.07) is 10.8. The van der Waals surface area contributed by atoms with Crippen molar-refractivity contribution in [1.29, 1.82) is 0 Å². The number of hydrogen-bond donors (Lipinski definition) is 1. The second-order valence-electron chi connectivity index (χ2n) is 6.67. The maximum absolute atomic E-state index is 5.71. The minimum Gasteiger partial charge on any atom is -0.461 e. The van der Waals surface area contributed by atoms with Gasteiger partial charge in [-0.05, 0) is 42.3 Å². The highest BCUT2D eigenvalue weighted by Gasteiger charge is 2.34. The summed E-state index contributed by atoms with van der Waals surface area (Å²) >= 11 is 0. The number of ether oxygens (including phenoxy) is 2. The van der Waals surface area contributed by atoms with Crippen molar-refractivity contribution in [2.24, 2.45) is 0 Å². The molecule has 2 aromatic rings. The van der Waals surface area contributed by atoms with Gasteiger partial charge in [0.2, 0.25) is 0 Å². The van der Waals surface area contributed by atoms with Gasteiger partial charge in [-0.1, -0.05) is 23.3 Å². The van der Waals surface area contributed by atoms with E-state index in [2.05, 4.69) is 50.0 Å². The van der Waals surface area contributed by atoms with Crippen molar-refractivity contribution in [3.8, 4) is 6.01 Å². The first-order valence-corrected chi connectivity index (χ1v) is 9.18. The van der Waals surface area contributed by atoms with Crippen molar-refractivity contribution < 1.29 is 9.47 Å². The molecule has 0 unspecified atom stereocenters. The highest BCUT2D eigenvalue weighted by atomic mass is 16.5. The molecule has 3 rings (SSSR count). The molecule has 8 heteroatoms. The van der Waals surface area contributed by atoms with Gasteiger partial charge in [0.25, 0.3) is 0 Å². The molecule has 1 aliphatic rings. The van der Waals surface area contributed by atoms with E-state index in [-0.39, 0.29) is 5.54 Å². The lowest BCUT2D eigenvalue weighted by Crippen LogP contribution is -2.52. The largest absolute Gasteiger partial charge is 0.461 e. The number of hydrogen-bond acceptors (Lipinski definition) is 7. The van der Waals surface area contributed by atoms with Crippen molar-refractivity contribution in [2.75, 3.05) is 45.3 Å². The Bertz CT molecular complexity index is 655. The Morgan fingerprint density at radius 3 is 2.65 bits per heavy atom. The number of benzene rings is 1. The molecule has 26 heavy (non-hydrogen) atoms. The monoisotopic (exact) mass is 360 g/mol. The second kappa shape index (κ2) is 8.95. The molecule has 1 aromatic carbocycles. The molecule has 0 saturated carbocycles. The van der Waals surface area contributed by atoms with Crippen LogP contribution in [0.15, 0.2) is 30.3 Å². The Balaban J connectivity index is 1.48. The highest BCUT2D eigenvalue weighted by molar-refractivity contribution is 5.45. The van der Waals surface area contributed by atoms with E-state index < -0.39 is 0 Å². The van der Waals surface area contributed by atoms with E-state index in [0.717, 1.165) is 38.2 Å². The number of rotatable bonds is 9. The van der Waals surface area contributed by atoms with Gasteiger partial charge in [0.05, 0.1) is 12.1 Å². The van der Waals surface area contributed by atoms with Gasteiger partial charge >= 0.3 is 6.01 Å². The molecule has 1 aliphatic heterocycles. The molecule has 8 nitrogen and oxygen atoms in total. The number of nitrogens with zero attached hydrogens (tertiary/aromatic N) is 5. The average molecular weight is 360 g/mol. The molecule has 0 spiro atoms. The summed E-state index contributed by atoms with van der Waals surface area (Å²) in [5.41, 5.74) is 1.13. The SMILES string of the molecule is CCn1nnnc1OCCN1CCC(COC)(Nc2ccccc2)CC1. The molecule has 1 N–H and O–H groups in total. The fourth-order valence-electron chi connectivity index (χ4n) is 3.38. The number of aryl methyl sites for hydroxylation is 1. The zero-order chi connectivity index (χ0) is 18.2. The van der Waals surface area contributed by atoms with E-state index in [9.17, 15) is 0 Å². The van der Waals surface area contributed by atoms with E-state index in [1.165, 1.54) is 0 Å². The van der Waals surface area contributed by atoms with Gasteiger partial charge in [0.1, 0.15) is 6.61 Å². The molecule has 0 atom stereocenters. The van der Waals surface area contributed by atoms with Crippen molar-refractivity contribution in [2.45, 2.75) is 31.8 Å². The van der Waals surface area contributed by atoms with Gasteiger partial charge in [-0.3, -0.25) is 4.90 Å². The van der Waals surface area contributed by atoms with Gasteiger partial charge < -0.3 is 14.8 Å². The van der Waals surface area contributed by atoms with Crippen LogP contribution in [0.3, 0.4) is 0 Å². The molecule has 0 amide bonds. The van der Waals surface area contributed by atoms with Crippen molar-refractivity contribution in [1.82, 2.24) is 25.1 Å². The lowest BCUT2D eigenvalue weighted by atomic mass is 9.87. The zero-order valence-corrected chi connectivity index (χ0v) is 15.6. The lowest BCUT2D eigenvalue weighted by molar-refractivity contribution is 0.0816. The number of nitrogens with one attached hydrogen (secondary N) is 1. The van der Waals surface area contributed by atoms with Crippen LogP contribution in [0.25, 0.3) is 0 Å². The number of likely N-dealkylation sites (tertiary alicyclic amines) is 1. The zero-order valence-electron chi connectivity index (χ0n) is 15.6. The molecule has 142 valence electrons. The van der Waals surface area contributed by atoms with Crippen LogP contribution < -0.4 is 10.1 Å². The number of aromatic nitrogens is 4. The first-order valence-electron chi connectivity index (χ1n) is 9.18. The normalized spacial score (nSPS) is 17.2. The fraction of sp³-hybridized carbons (Fsp3) is 0.611. The molecule has 1 saturated heterocycles. The van der Waals surface area contributed by atoms with Gasteiger partial charge in [-0.2, -0.15) is 4.68 Å². The lowest BCUT2D eigenvalue weighted by Gasteiger charge is -2.42. The molecule has 0 bridgehead atoms. The van der Waals surface area contributed by atoms with Crippen LogP contribution in [0.2, 0.25) is 0 Å². The van der Waals surface area contributed by atoms with Crippen LogP contribution >= 0.6 is 0 Å². The van der Waals surface area contributed by atoms with Crippen LogP contribution in [0, 0.1) is 0 Å². The molecular weight excluding hydrogens is 332 g/mol. The van der Waals surface area contributed by atoms with Crippen molar-refractivity contribution >= 4 is 5.69 Å². The first-order chi connectivity index (χ1) is 12.7. The van der Waals surface area contributed by atoms with Crippen LogP contribution in [-0.4, -0.2) is 70.6 Å². The Labute approximate surface area is 154 Å². The van der Waals surface area contributed by atoms with E-state index >= 15 is 0 Å². The van der Waals surface area contributed by atoms with Crippen LogP contribution in [-0.2, 0) is 11.3 Å². The van der Waals surface area contributed by atoms with Crippen molar-refractivity contribution in [3.05, 3.63) is 30.3 Å². The van der Waals surface area contributed by atoms with Gasteiger partial charge in [0.15, 0.2) is 0 Å². The van der Waals surface area contributed by atoms with Crippen LogP contribution in [0.1, 0.15) is 19.8 Å². The summed E-state index contributed by atoms with van der Waals surface area (Å²) < 4.78 is 12.9. The molecule has 1 fully saturated rings. The number of piperidine rings is 1. The minimum atomic E-state index is -0.0141. The smallest absolute Gasteiger partial charge is 0.335 e. The molecule has 0 aliphatic carbocycles. The number of para-hydroxylation sites is 1. The van der Waals surface area contributed by atoms with Crippen LogP contribution in [0.5, 0.6) is 6.01 Å². The predicted molar refractivity (Wildman–Crippen MR) is 99.3 cm³/mol. The fourth-order valence-corrected chi connectivity index (χ4v) is 3.38. The maximum atomic E-state index is 5.71. The summed E-state index contributed by atoms with van der Waals surface area (Å²) in [5, 5.41) is 15.1. The Hall–Kier alpha value is -2.19. The average Bonchev–Trinajstić information content (AvgIpc) is 3.12. The summed E-state index contributed by atoms with van der Waals surface area (Å²) in [6.45, 7) is 6.86. The topological polar surface area (TPSA) is 77.3 Å². The number of anilines is 1.